The van der Waals surface area contributed by atoms with E-state index in [2.05, 4.69) is 77.7 Å². The smallest absolute Gasteiger partial charge is 0.330 e. The molecule has 2 aliphatic rings. The van der Waals surface area contributed by atoms with Crippen LogP contribution in [0.1, 0.15) is 84.4 Å². The molecule has 0 spiro atoms. The van der Waals surface area contributed by atoms with Crippen LogP contribution < -0.4 is 22.5 Å². The molecule has 2 aliphatic heterocycles. The number of aromatic nitrogens is 4. The van der Waals surface area contributed by atoms with Gasteiger partial charge in [-0.15, -0.1) is 0 Å². The Kier molecular flexibility index (Phi) is 11.7. The van der Waals surface area contributed by atoms with Gasteiger partial charge in [-0.2, -0.15) is 0 Å². The predicted octanol–water partition coefficient (Wildman–Crippen LogP) is 4.17. The van der Waals surface area contributed by atoms with Crippen LogP contribution in [-0.4, -0.2) is 83.4 Å². The SMILES string of the molecule is Cc1cn(C2CC(CC=[N+](O)CC3OC(n4cc(C)c(=O)[nH]c4=O)CC3O[Si](C)(C)C(C)(C)C)C(CO[Si](C)(C)C(C)(C)C)O2)c(=O)[nH]c1=O. The van der Waals surface area contributed by atoms with Crippen LogP contribution in [0.15, 0.2) is 31.6 Å². The summed E-state index contributed by atoms with van der Waals surface area (Å²) in [4.78, 5) is 54.3. The number of nitrogens with one attached hydrogen (secondary N) is 2. The molecule has 0 amide bonds. The molecule has 0 aliphatic carbocycles. The number of hydrogen-bond acceptors (Lipinski definition) is 9. The van der Waals surface area contributed by atoms with Gasteiger partial charge in [0.1, 0.15) is 18.6 Å². The lowest BCUT2D eigenvalue weighted by molar-refractivity contribution is -0.776. The fourth-order valence-electron chi connectivity index (χ4n) is 5.72. The molecule has 4 rings (SSSR count). The molecule has 3 N–H and O–H groups in total. The third kappa shape index (κ3) is 8.93. The molecule has 0 bridgehead atoms. The van der Waals surface area contributed by atoms with Crippen molar-refractivity contribution < 1.29 is 28.3 Å². The Morgan fingerprint density at radius 3 is 1.82 bits per heavy atom. The number of ether oxygens (including phenoxy) is 2. The first-order chi connectivity index (χ1) is 22.9. The number of hydroxylamine groups is 1. The van der Waals surface area contributed by atoms with E-state index in [9.17, 15) is 24.4 Å². The third-order valence-electron chi connectivity index (χ3n) is 11.1. The van der Waals surface area contributed by atoms with Gasteiger partial charge in [0.15, 0.2) is 22.8 Å². The van der Waals surface area contributed by atoms with Gasteiger partial charge in [0.25, 0.3) is 11.1 Å². The summed E-state index contributed by atoms with van der Waals surface area (Å²) in [6.07, 6.45) is 3.30. The number of hydrogen-bond donors (Lipinski definition) is 3. The van der Waals surface area contributed by atoms with E-state index in [4.69, 9.17) is 18.3 Å². The molecule has 50 heavy (non-hydrogen) atoms. The molecule has 280 valence electrons. The zero-order chi connectivity index (χ0) is 37.6. The summed E-state index contributed by atoms with van der Waals surface area (Å²) in [7, 11) is -4.40. The van der Waals surface area contributed by atoms with Crippen molar-refractivity contribution in [2.24, 2.45) is 5.92 Å². The zero-order valence-corrected chi connectivity index (χ0v) is 33.8. The highest BCUT2D eigenvalue weighted by Gasteiger charge is 2.47. The first kappa shape index (κ1) is 39.9. The summed E-state index contributed by atoms with van der Waals surface area (Å²) in [6, 6.07) is 0. The van der Waals surface area contributed by atoms with Gasteiger partial charge in [0.05, 0.1) is 18.8 Å². The van der Waals surface area contributed by atoms with Crippen LogP contribution in [0.2, 0.25) is 36.3 Å². The van der Waals surface area contributed by atoms with E-state index >= 15 is 0 Å². The van der Waals surface area contributed by atoms with Crippen molar-refractivity contribution in [2.45, 2.75) is 142 Å². The largest absolute Gasteiger partial charge is 0.414 e. The van der Waals surface area contributed by atoms with E-state index in [1.165, 1.54) is 21.5 Å². The van der Waals surface area contributed by atoms with Crippen LogP contribution in [0.5, 0.6) is 0 Å². The van der Waals surface area contributed by atoms with Crippen LogP contribution >= 0.6 is 0 Å². The molecule has 6 atom stereocenters. The molecule has 2 aromatic rings. The lowest BCUT2D eigenvalue weighted by Gasteiger charge is -2.38. The summed E-state index contributed by atoms with van der Waals surface area (Å²) < 4.78 is 30.0. The third-order valence-corrected chi connectivity index (χ3v) is 20.1. The van der Waals surface area contributed by atoms with Crippen molar-refractivity contribution in [1.29, 1.82) is 0 Å². The first-order valence-corrected chi connectivity index (χ1v) is 23.3. The van der Waals surface area contributed by atoms with Crippen LogP contribution in [0, 0.1) is 19.8 Å². The van der Waals surface area contributed by atoms with Crippen LogP contribution in [-0.2, 0) is 18.3 Å². The monoisotopic (exact) mass is 736 g/mol. The molecule has 2 fully saturated rings. The topological polar surface area (TPSA) is 170 Å². The van der Waals surface area contributed by atoms with E-state index in [0.717, 1.165) is 4.74 Å². The van der Waals surface area contributed by atoms with Crippen molar-refractivity contribution in [3.63, 3.8) is 0 Å². The number of aromatic amines is 2. The molecule has 0 radical (unpaired) electrons. The van der Waals surface area contributed by atoms with Crippen molar-refractivity contribution in [2.75, 3.05) is 13.2 Å². The summed E-state index contributed by atoms with van der Waals surface area (Å²) in [6.45, 7) is 25.3. The molecule has 6 unspecified atom stereocenters. The van der Waals surface area contributed by atoms with E-state index in [1.54, 1.807) is 20.1 Å². The highest BCUT2D eigenvalue weighted by Crippen LogP contribution is 2.42. The standard InChI is InChI=1S/C34H57N5O9Si2/c1-21-17-38(31(42)35-29(21)40)27-15-23(26(47-27)20-45-49(9,10)33(3,4)5)13-14-37(44)19-25-24(48-50(11,12)34(6,7)8)16-28(46-25)39-18-22(2)30(41)36-32(39)43/h14,17-18,23-28H,13,15-16,19-20H2,1-12H3,(H2-,35,36,40,41,42,43,44)/p+1. The summed E-state index contributed by atoms with van der Waals surface area (Å²) in [5.74, 6) is -0.113. The maximum absolute atomic E-state index is 12.8. The van der Waals surface area contributed by atoms with E-state index in [-0.39, 0.29) is 28.6 Å². The quantitative estimate of drug-likeness (QED) is 0.101. The summed E-state index contributed by atoms with van der Waals surface area (Å²) >= 11 is 0. The zero-order valence-electron chi connectivity index (χ0n) is 31.8. The lowest BCUT2D eigenvalue weighted by atomic mass is 9.98. The van der Waals surface area contributed by atoms with Crippen molar-refractivity contribution in [1.82, 2.24) is 19.1 Å². The van der Waals surface area contributed by atoms with Gasteiger partial charge < -0.3 is 18.3 Å². The minimum Gasteiger partial charge on any atom is -0.414 e. The van der Waals surface area contributed by atoms with Crippen LogP contribution in [0.3, 0.4) is 0 Å². The number of rotatable bonds is 11. The fraction of sp³-hybridized carbons (Fsp3) is 0.735. The number of nitrogens with zero attached hydrogens (tertiary/aromatic N) is 3. The van der Waals surface area contributed by atoms with Crippen molar-refractivity contribution in [3.8, 4) is 0 Å². The number of H-pyrrole nitrogens is 2. The lowest BCUT2D eigenvalue weighted by Crippen LogP contribution is -2.47. The Labute approximate surface area is 295 Å². The van der Waals surface area contributed by atoms with Gasteiger partial charge in [-0.1, -0.05) is 41.5 Å². The Bertz CT molecular complexity index is 1800. The Morgan fingerprint density at radius 1 is 0.840 bits per heavy atom. The molecule has 16 heteroatoms. The summed E-state index contributed by atoms with van der Waals surface area (Å²) in [5, 5.41) is 11.2. The molecule has 2 saturated heterocycles. The molecule has 2 aromatic heterocycles. The normalized spacial score (nSPS) is 25.4. The van der Waals surface area contributed by atoms with Crippen molar-refractivity contribution in [3.05, 3.63) is 65.2 Å². The number of aryl methyl sites for hydroxylation is 2. The average molecular weight is 737 g/mol. The molecule has 14 nitrogen and oxygen atoms in total. The maximum Gasteiger partial charge on any atom is 0.330 e. The second kappa shape index (κ2) is 14.6. The second-order valence-corrected chi connectivity index (χ2v) is 26.5. The van der Waals surface area contributed by atoms with Gasteiger partial charge in [-0.25, -0.2) is 9.59 Å². The van der Waals surface area contributed by atoms with Gasteiger partial charge >= 0.3 is 11.4 Å². The second-order valence-electron chi connectivity index (χ2n) is 17.0. The van der Waals surface area contributed by atoms with E-state index < -0.39 is 63.8 Å². The van der Waals surface area contributed by atoms with Gasteiger partial charge in [0.2, 0.25) is 6.54 Å². The molecule has 4 heterocycles. The predicted molar refractivity (Wildman–Crippen MR) is 195 cm³/mol. The Balaban J connectivity index is 1.57. The minimum atomic E-state index is -2.28. The maximum atomic E-state index is 12.8. The van der Waals surface area contributed by atoms with Gasteiger partial charge in [-0.3, -0.25) is 33.9 Å². The Morgan fingerprint density at radius 2 is 1.32 bits per heavy atom. The fourth-order valence-corrected chi connectivity index (χ4v) is 8.09. The van der Waals surface area contributed by atoms with E-state index in [1.807, 2.05) is 0 Å². The highest BCUT2D eigenvalue weighted by atomic mass is 28.4. The summed E-state index contributed by atoms with van der Waals surface area (Å²) in [5.41, 5.74) is -1.20. The van der Waals surface area contributed by atoms with E-state index in [0.29, 0.717) is 37.0 Å². The van der Waals surface area contributed by atoms with Gasteiger partial charge in [0, 0.05) is 42.3 Å². The highest BCUT2D eigenvalue weighted by molar-refractivity contribution is 6.74. The molecular formula is C34H58N5O9Si2+. The van der Waals surface area contributed by atoms with Crippen LogP contribution in [0.25, 0.3) is 0 Å². The Hall–Kier alpha value is -2.90. The van der Waals surface area contributed by atoms with Crippen molar-refractivity contribution >= 4 is 22.8 Å². The average Bonchev–Trinajstić information content (AvgIpc) is 3.56. The molecule has 0 aromatic carbocycles. The minimum absolute atomic E-state index is 0.0114. The first-order valence-electron chi connectivity index (χ1n) is 17.5. The molecular weight excluding hydrogens is 679 g/mol. The molecule has 0 saturated carbocycles. The van der Waals surface area contributed by atoms with Gasteiger partial charge in [-0.05, 0) is 61.3 Å². The van der Waals surface area contributed by atoms with Crippen LogP contribution in [0.4, 0.5) is 0 Å².